The Labute approximate surface area is 83.9 Å². The summed E-state index contributed by atoms with van der Waals surface area (Å²) in [7, 11) is 0. The van der Waals surface area contributed by atoms with Crippen molar-refractivity contribution >= 4 is 0 Å². The highest BCUT2D eigenvalue weighted by atomic mass is 16.5. The van der Waals surface area contributed by atoms with Gasteiger partial charge in [0.05, 0.1) is 5.60 Å². The van der Waals surface area contributed by atoms with Gasteiger partial charge >= 0.3 is 0 Å². The van der Waals surface area contributed by atoms with Crippen molar-refractivity contribution in [3.8, 4) is 0 Å². The minimum absolute atomic E-state index is 0.00610. The van der Waals surface area contributed by atoms with E-state index in [1.165, 1.54) is 6.42 Å². The van der Waals surface area contributed by atoms with Gasteiger partial charge in [0.25, 0.3) is 0 Å². The van der Waals surface area contributed by atoms with E-state index in [4.69, 9.17) is 4.74 Å². The SMILES string of the molecule is C[C@H](COC(C)(C)C)CC(C)(C)C. The molecule has 0 saturated heterocycles. The molecule has 0 fully saturated rings. The zero-order chi connectivity index (χ0) is 10.7. The van der Waals surface area contributed by atoms with Crippen LogP contribution in [0.4, 0.5) is 0 Å². The van der Waals surface area contributed by atoms with Gasteiger partial charge in [-0.15, -0.1) is 0 Å². The first-order valence-electron chi connectivity index (χ1n) is 5.24. The summed E-state index contributed by atoms with van der Waals surface area (Å²) in [5, 5.41) is 0. The van der Waals surface area contributed by atoms with Gasteiger partial charge in [0.1, 0.15) is 0 Å². The quantitative estimate of drug-likeness (QED) is 0.650. The monoisotopic (exact) mass is 186 g/mol. The molecule has 0 saturated carbocycles. The average Bonchev–Trinajstić information content (AvgIpc) is 1.78. The van der Waals surface area contributed by atoms with Crippen LogP contribution in [0.1, 0.15) is 54.9 Å². The maximum Gasteiger partial charge on any atom is 0.0598 e. The van der Waals surface area contributed by atoms with Gasteiger partial charge in [-0.1, -0.05) is 27.7 Å². The molecule has 0 bridgehead atoms. The van der Waals surface area contributed by atoms with Crippen molar-refractivity contribution in [1.82, 2.24) is 0 Å². The van der Waals surface area contributed by atoms with Crippen LogP contribution in [0, 0.1) is 11.3 Å². The summed E-state index contributed by atoms with van der Waals surface area (Å²) in [6.07, 6.45) is 1.23. The van der Waals surface area contributed by atoms with E-state index in [-0.39, 0.29) is 5.60 Å². The highest BCUT2D eigenvalue weighted by Crippen LogP contribution is 2.25. The van der Waals surface area contributed by atoms with Crippen LogP contribution in [0.15, 0.2) is 0 Å². The van der Waals surface area contributed by atoms with Gasteiger partial charge in [0.15, 0.2) is 0 Å². The van der Waals surface area contributed by atoms with Gasteiger partial charge in [-0.25, -0.2) is 0 Å². The van der Waals surface area contributed by atoms with Gasteiger partial charge in [-0.05, 0) is 38.5 Å². The van der Waals surface area contributed by atoms with Crippen LogP contribution in [-0.2, 0) is 4.74 Å². The fourth-order valence-corrected chi connectivity index (χ4v) is 1.50. The largest absolute Gasteiger partial charge is 0.376 e. The molecule has 80 valence electrons. The lowest BCUT2D eigenvalue weighted by Gasteiger charge is -2.26. The normalized spacial score (nSPS) is 15.9. The number of rotatable bonds is 3. The molecule has 0 aromatic rings. The second kappa shape index (κ2) is 4.45. The molecule has 0 heterocycles. The number of hydrogen-bond acceptors (Lipinski definition) is 1. The fraction of sp³-hybridized carbons (Fsp3) is 1.00. The lowest BCUT2D eigenvalue weighted by molar-refractivity contribution is -0.0249. The molecule has 0 spiro atoms. The molecular weight excluding hydrogens is 160 g/mol. The Morgan fingerprint density at radius 2 is 1.46 bits per heavy atom. The summed E-state index contributed by atoms with van der Waals surface area (Å²) in [5.74, 6) is 0.652. The van der Waals surface area contributed by atoms with E-state index in [1.54, 1.807) is 0 Å². The lowest BCUT2D eigenvalue weighted by atomic mass is 9.86. The summed E-state index contributed by atoms with van der Waals surface area (Å²) in [6.45, 7) is 16.3. The van der Waals surface area contributed by atoms with E-state index >= 15 is 0 Å². The van der Waals surface area contributed by atoms with Crippen LogP contribution in [0.2, 0.25) is 0 Å². The zero-order valence-corrected chi connectivity index (χ0v) is 10.4. The predicted molar refractivity (Wildman–Crippen MR) is 58.9 cm³/mol. The molecule has 0 unspecified atom stereocenters. The van der Waals surface area contributed by atoms with E-state index in [2.05, 4.69) is 48.5 Å². The van der Waals surface area contributed by atoms with Crippen molar-refractivity contribution in [2.75, 3.05) is 6.61 Å². The first kappa shape index (κ1) is 13.0. The summed E-state index contributed by atoms with van der Waals surface area (Å²) in [5.41, 5.74) is 0.423. The number of hydrogen-bond donors (Lipinski definition) is 0. The fourth-order valence-electron chi connectivity index (χ4n) is 1.50. The van der Waals surface area contributed by atoms with E-state index < -0.39 is 0 Å². The smallest absolute Gasteiger partial charge is 0.0598 e. The second-order valence-corrected chi connectivity index (χ2v) is 6.29. The minimum atomic E-state index is 0.00610. The Kier molecular flexibility index (Phi) is 4.44. The summed E-state index contributed by atoms with van der Waals surface area (Å²) in [4.78, 5) is 0. The first-order chi connectivity index (χ1) is 5.60. The molecule has 0 aliphatic rings. The Balaban J connectivity index is 3.70. The molecule has 0 amide bonds. The number of ether oxygens (including phenoxy) is 1. The summed E-state index contributed by atoms with van der Waals surface area (Å²) in [6, 6.07) is 0. The topological polar surface area (TPSA) is 9.23 Å². The van der Waals surface area contributed by atoms with Crippen molar-refractivity contribution in [2.24, 2.45) is 11.3 Å². The van der Waals surface area contributed by atoms with Crippen LogP contribution < -0.4 is 0 Å². The molecule has 1 nitrogen and oxygen atoms in total. The third kappa shape index (κ3) is 9.88. The second-order valence-electron chi connectivity index (χ2n) is 6.29. The molecule has 0 aliphatic carbocycles. The van der Waals surface area contributed by atoms with Crippen molar-refractivity contribution in [3.63, 3.8) is 0 Å². The Morgan fingerprint density at radius 1 is 1.00 bits per heavy atom. The standard InChI is InChI=1S/C12H26O/c1-10(8-11(2,3)4)9-13-12(5,6)7/h10H,8-9H2,1-7H3/t10-/m0/s1. The van der Waals surface area contributed by atoms with Gasteiger partial charge in [0, 0.05) is 6.61 Å². The average molecular weight is 186 g/mol. The third-order valence-electron chi connectivity index (χ3n) is 1.76. The van der Waals surface area contributed by atoms with Gasteiger partial charge in [-0.3, -0.25) is 0 Å². The molecule has 0 N–H and O–H groups in total. The highest BCUT2D eigenvalue weighted by molar-refractivity contribution is 4.67. The van der Waals surface area contributed by atoms with Crippen molar-refractivity contribution < 1.29 is 4.74 Å². The van der Waals surface area contributed by atoms with E-state index in [0.29, 0.717) is 11.3 Å². The van der Waals surface area contributed by atoms with Gasteiger partial charge < -0.3 is 4.74 Å². The van der Waals surface area contributed by atoms with Crippen LogP contribution >= 0.6 is 0 Å². The van der Waals surface area contributed by atoms with Crippen molar-refractivity contribution in [1.29, 1.82) is 0 Å². The Bertz CT molecular complexity index is 136. The zero-order valence-electron chi connectivity index (χ0n) is 10.4. The van der Waals surface area contributed by atoms with Gasteiger partial charge in [-0.2, -0.15) is 0 Å². The van der Waals surface area contributed by atoms with Crippen LogP contribution in [-0.4, -0.2) is 12.2 Å². The van der Waals surface area contributed by atoms with E-state index in [9.17, 15) is 0 Å². The van der Waals surface area contributed by atoms with Crippen LogP contribution in [0.5, 0.6) is 0 Å². The summed E-state index contributed by atoms with van der Waals surface area (Å²) >= 11 is 0. The predicted octanol–water partition coefficient (Wildman–Crippen LogP) is 3.87. The molecule has 0 radical (unpaired) electrons. The van der Waals surface area contributed by atoms with Crippen LogP contribution in [0.3, 0.4) is 0 Å². The molecule has 0 aliphatic heterocycles. The Hall–Kier alpha value is -0.0400. The molecule has 0 aromatic carbocycles. The van der Waals surface area contributed by atoms with E-state index in [0.717, 1.165) is 6.61 Å². The molecule has 13 heavy (non-hydrogen) atoms. The maximum absolute atomic E-state index is 5.74. The molecule has 0 rings (SSSR count). The van der Waals surface area contributed by atoms with E-state index in [1.807, 2.05) is 0 Å². The highest BCUT2D eigenvalue weighted by Gasteiger charge is 2.17. The maximum atomic E-state index is 5.74. The third-order valence-corrected chi connectivity index (χ3v) is 1.76. The van der Waals surface area contributed by atoms with Crippen molar-refractivity contribution in [3.05, 3.63) is 0 Å². The molecule has 1 heteroatoms. The lowest BCUT2D eigenvalue weighted by Crippen LogP contribution is -2.24. The first-order valence-corrected chi connectivity index (χ1v) is 5.24. The molecule has 1 atom stereocenters. The van der Waals surface area contributed by atoms with Crippen molar-refractivity contribution in [2.45, 2.75) is 60.5 Å². The minimum Gasteiger partial charge on any atom is -0.376 e. The van der Waals surface area contributed by atoms with Crippen LogP contribution in [0.25, 0.3) is 0 Å². The Morgan fingerprint density at radius 3 is 1.77 bits per heavy atom. The van der Waals surface area contributed by atoms with Gasteiger partial charge in [0.2, 0.25) is 0 Å². The molecular formula is C12H26O. The molecule has 0 aromatic heterocycles. The summed E-state index contributed by atoms with van der Waals surface area (Å²) < 4.78 is 5.74.